The third-order valence-electron chi connectivity index (χ3n) is 9.54. The summed E-state index contributed by atoms with van der Waals surface area (Å²) in [5.74, 6) is 5.21. The number of nitrogens with zero attached hydrogens (tertiary/aromatic N) is 5. The van der Waals surface area contributed by atoms with Crippen molar-refractivity contribution in [2.45, 2.75) is 82.7 Å². The number of fused-ring (bicyclic) bond motifs is 4. The lowest BCUT2D eigenvalue weighted by Crippen LogP contribution is -2.34. The molecule has 13 heteroatoms. The van der Waals surface area contributed by atoms with Crippen molar-refractivity contribution in [2.24, 2.45) is 13.0 Å². The van der Waals surface area contributed by atoms with Gasteiger partial charge < -0.3 is 16.2 Å². The first kappa shape index (κ1) is 33.5. The lowest BCUT2D eigenvalue weighted by atomic mass is 9.91. The number of nitrogens with one attached hydrogen (secondary N) is 1. The number of aliphatic hydroxyl groups is 1. The van der Waals surface area contributed by atoms with Crippen molar-refractivity contribution < 1.29 is 27.5 Å². The van der Waals surface area contributed by atoms with Crippen LogP contribution < -0.4 is 11.1 Å². The van der Waals surface area contributed by atoms with E-state index < -0.39 is 36.0 Å². The van der Waals surface area contributed by atoms with Crippen LogP contribution in [0.2, 0.25) is 0 Å². The summed E-state index contributed by atoms with van der Waals surface area (Å²) in [5, 5.41) is 22.6. The average molecular weight is 688 g/mol. The second-order valence-electron chi connectivity index (χ2n) is 13.9. The van der Waals surface area contributed by atoms with Crippen molar-refractivity contribution in [1.29, 1.82) is 0 Å². The average Bonchev–Trinajstić information content (AvgIpc) is 3.66. The molecule has 1 aromatic carbocycles. The number of anilines is 1. The molecule has 4 aromatic rings. The molecule has 3 aliphatic carbocycles. The Morgan fingerprint density at radius 2 is 1.98 bits per heavy atom. The summed E-state index contributed by atoms with van der Waals surface area (Å²) < 4.78 is 60.2. The standard InChI is InChI=1S/C37H37F4N7O2/c1-37(2,50)12-11-23-8-10-24(25-5-4-6-27-33(25)47(3)46-36(27)42)31(43-23)29(15-19-13-21(38)17-22(39)14-19)44-30(49)18-48-34-26(32(45-48)35(40)41)9-7-20-16-28(20)34/h4-6,8,10,13,17,20,22,28-29,35,50H,7,9,14-16,18H2,1-3H3,(H2,42,46)(H,44,49). The number of carbonyl (C=O) groups excluding carboxylic acids is 1. The minimum Gasteiger partial charge on any atom is -0.382 e. The van der Waals surface area contributed by atoms with Gasteiger partial charge in [-0.1, -0.05) is 23.6 Å². The van der Waals surface area contributed by atoms with Gasteiger partial charge in [0.2, 0.25) is 5.91 Å². The van der Waals surface area contributed by atoms with Crippen molar-refractivity contribution in [3.8, 4) is 23.0 Å². The third-order valence-corrected chi connectivity index (χ3v) is 9.54. The summed E-state index contributed by atoms with van der Waals surface area (Å²) >= 11 is 0. The van der Waals surface area contributed by atoms with E-state index in [0.717, 1.165) is 18.9 Å². The van der Waals surface area contributed by atoms with Crippen LogP contribution in [-0.2, 0) is 24.8 Å². The van der Waals surface area contributed by atoms with Crippen molar-refractivity contribution >= 4 is 22.6 Å². The summed E-state index contributed by atoms with van der Waals surface area (Å²) in [4.78, 5) is 18.8. The van der Waals surface area contributed by atoms with E-state index in [1.54, 1.807) is 23.9 Å². The molecule has 3 heterocycles. The number of amides is 1. The number of carbonyl (C=O) groups is 1. The number of nitrogens with two attached hydrogens (primary N) is 1. The summed E-state index contributed by atoms with van der Waals surface area (Å²) in [6.45, 7) is 2.75. The van der Waals surface area contributed by atoms with Crippen LogP contribution in [0.3, 0.4) is 0 Å². The Morgan fingerprint density at radius 3 is 2.72 bits per heavy atom. The number of aromatic nitrogens is 5. The van der Waals surface area contributed by atoms with E-state index in [2.05, 4.69) is 27.4 Å². The Balaban J connectivity index is 1.33. The minimum absolute atomic E-state index is 0.0104. The number of rotatable bonds is 8. The Morgan fingerprint density at radius 1 is 1.18 bits per heavy atom. The summed E-state index contributed by atoms with van der Waals surface area (Å²) in [6.07, 6.45) is -0.0818. The third kappa shape index (κ3) is 6.64. The molecule has 1 fully saturated rings. The molecule has 1 amide bonds. The van der Waals surface area contributed by atoms with Gasteiger partial charge in [-0.15, -0.1) is 0 Å². The van der Waals surface area contributed by atoms with Gasteiger partial charge in [0.15, 0.2) is 5.82 Å². The van der Waals surface area contributed by atoms with Gasteiger partial charge in [0.05, 0.1) is 17.3 Å². The number of benzene rings is 1. The number of para-hydroxylation sites is 1. The predicted molar refractivity (Wildman–Crippen MR) is 180 cm³/mol. The molecule has 4 unspecified atom stereocenters. The molecule has 0 aliphatic heterocycles. The molecule has 50 heavy (non-hydrogen) atoms. The zero-order valence-corrected chi connectivity index (χ0v) is 27.9. The fourth-order valence-electron chi connectivity index (χ4n) is 7.35. The molecular formula is C37H37F4N7O2. The van der Waals surface area contributed by atoms with E-state index >= 15 is 0 Å². The van der Waals surface area contributed by atoms with Crippen LogP contribution in [0, 0.1) is 17.8 Å². The summed E-state index contributed by atoms with van der Waals surface area (Å²) in [7, 11) is 1.75. The Labute approximate surface area is 286 Å². The first-order chi connectivity index (χ1) is 23.8. The van der Waals surface area contributed by atoms with Crippen molar-refractivity contribution in [3.63, 3.8) is 0 Å². The van der Waals surface area contributed by atoms with Crippen LogP contribution >= 0.6 is 0 Å². The van der Waals surface area contributed by atoms with Gasteiger partial charge in [-0.05, 0) is 81.7 Å². The molecule has 9 nitrogen and oxygen atoms in total. The highest BCUT2D eigenvalue weighted by molar-refractivity contribution is 6.00. The number of aryl methyl sites for hydroxylation is 1. The lowest BCUT2D eigenvalue weighted by molar-refractivity contribution is -0.122. The van der Waals surface area contributed by atoms with Crippen LogP contribution in [0.5, 0.6) is 0 Å². The number of allylic oxidation sites excluding steroid dienone is 3. The number of pyridine rings is 1. The fraction of sp³-hybridized carbons (Fsp3) is 0.405. The zero-order chi connectivity index (χ0) is 35.5. The molecule has 260 valence electrons. The second kappa shape index (κ2) is 12.7. The molecule has 3 aliphatic rings. The maximum absolute atomic E-state index is 14.6. The zero-order valence-electron chi connectivity index (χ0n) is 27.9. The number of hydrogen-bond acceptors (Lipinski definition) is 6. The molecule has 0 bridgehead atoms. The van der Waals surface area contributed by atoms with Crippen LogP contribution in [0.1, 0.15) is 86.3 Å². The van der Waals surface area contributed by atoms with Crippen LogP contribution in [0.15, 0.2) is 53.9 Å². The normalized spacial score (nSPS) is 20.4. The maximum Gasteiger partial charge on any atom is 0.282 e. The van der Waals surface area contributed by atoms with Crippen molar-refractivity contribution in [2.75, 3.05) is 5.73 Å². The smallest absolute Gasteiger partial charge is 0.282 e. The highest BCUT2D eigenvalue weighted by atomic mass is 19.3. The van der Waals surface area contributed by atoms with Crippen molar-refractivity contribution in [3.05, 3.63) is 82.2 Å². The number of halogens is 4. The van der Waals surface area contributed by atoms with E-state index in [-0.39, 0.29) is 36.7 Å². The summed E-state index contributed by atoms with van der Waals surface area (Å²) in [6, 6.07) is 8.04. The second-order valence-corrected chi connectivity index (χ2v) is 13.9. The quantitative estimate of drug-likeness (QED) is 0.148. The van der Waals surface area contributed by atoms with Gasteiger partial charge in [0, 0.05) is 47.2 Å². The van der Waals surface area contributed by atoms with Gasteiger partial charge in [-0.2, -0.15) is 10.2 Å². The molecule has 4 N–H and O–H groups in total. The van der Waals surface area contributed by atoms with E-state index in [1.165, 1.54) is 24.6 Å². The van der Waals surface area contributed by atoms with E-state index in [0.29, 0.717) is 62.7 Å². The van der Waals surface area contributed by atoms with Gasteiger partial charge in [0.25, 0.3) is 6.43 Å². The van der Waals surface area contributed by atoms with Gasteiger partial charge >= 0.3 is 0 Å². The van der Waals surface area contributed by atoms with E-state index in [9.17, 15) is 27.5 Å². The highest BCUT2D eigenvalue weighted by Gasteiger charge is 2.46. The minimum atomic E-state index is -2.77. The van der Waals surface area contributed by atoms with E-state index in [4.69, 9.17) is 10.7 Å². The Kier molecular flexibility index (Phi) is 8.54. The molecule has 0 saturated heterocycles. The van der Waals surface area contributed by atoms with Crippen LogP contribution in [-0.4, -0.2) is 47.3 Å². The SMILES string of the molecule is Cn1nc(N)c2cccc(-c3ccc(C#CC(C)(C)O)nc3C(CC3=CC(F)=CC(F)C3)NC(=O)Cn3nc(C(F)F)c4c3C3CC3CC4)c21. The number of hydrogen-bond donors (Lipinski definition) is 3. The molecule has 0 radical (unpaired) electrons. The number of alkyl halides is 3. The van der Waals surface area contributed by atoms with Crippen LogP contribution in [0.25, 0.3) is 22.0 Å². The Bertz CT molecular complexity index is 2130. The largest absolute Gasteiger partial charge is 0.382 e. The molecule has 4 atom stereocenters. The van der Waals surface area contributed by atoms with Crippen molar-refractivity contribution in [1.82, 2.24) is 29.9 Å². The first-order valence-electron chi connectivity index (χ1n) is 16.6. The lowest BCUT2D eigenvalue weighted by Gasteiger charge is -2.25. The van der Waals surface area contributed by atoms with E-state index in [1.807, 2.05) is 18.2 Å². The maximum atomic E-state index is 14.6. The van der Waals surface area contributed by atoms with Gasteiger partial charge in [-0.25, -0.2) is 22.5 Å². The van der Waals surface area contributed by atoms with Gasteiger partial charge in [0.1, 0.15) is 35.5 Å². The molecular weight excluding hydrogens is 650 g/mol. The van der Waals surface area contributed by atoms with Crippen LogP contribution in [0.4, 0.5) is 23.4 Å². The highest BCUT2D eigenvalue weighted by Crippen LogP contribution is 2.55. The monoisotopic (exact) mass is 687 g/mol. The Hall–Kier alpha value is -4.96. The molecule has 0 spiro atoms. The molecule has 3 aromatic heterocycles. The molecule has 1 saturated carbocycles. The molecule has 7 rings (SSSR count). The number of nitrogen functional groups attached to an aromatic ring is 1. The first-order valence-corrected chi connectivity index (χ1v) is 16.6. The topological polar surface area (TPSA) is 124 Å². The fourth-order valence-corrected chi connectivity index (χ4v) is 7.35. The predicted octanol–water partition coefficient (Wildman–Crippen LogP) is 6.29. The van der Waals surface area contributed by atoms with Gasteiger partial charge in [-0.3, -0.25) is 14.2 Å². The summed E-state index contributed by atoms with van der Waals surface area (Å²) in [5.41, 5.74) is 8.83.